The number of aryl methyl sites for hydroxylation is 1. The summed E-state index contributed by atoms with van der Waals surface area (Å²) < 4.78 is 1.75. The SMILES string of the molecule is Cc1nc(Br)ncc1I. The van der Waals surface area contributed by atoms with Crippen molar-refractivity contribution in [3.8, 4) is 0 Å². The van der Waals surface area contributed by atoms with Gasteiger partial charge in [-0.25, -0.2) is 9.97 Å². The molecule has 0 aliphatic carbocycles. The molecule has 0 radical (unpaired) electrons. The zero-order chi connectivity index (χ0) is 6.85. The van der Waals surface area contributed by atoms with Crippen molar-refractivity contribution in [2.75, 3.05) is 0 Å². The minimum Gasteiger partial charge on any atom is -0.230 e. The first-order chi connectivity index (χ1) is 4.20. The number of hydrogen-bond donors (Lipinski definition) is 0. The molecular weight excluding hydrogens is 295 g/mol. The normalized spacial score (nSPS) is 9.67. The molecule has 0 aliphatic heterocycles. The molecular formula is C5H4BrIN2. The van der Waals surface area contributed by atoms with Gasteiger partial charge in [0.25, 0.3) is 0 Å². The predicted octanol–water partition coefficient (Wildman–Crippen LogP) is 2.15. The van der Waals surface area contributed by atoms with Gasteiger partial charge >= 0.3 is 0 Å². The van der Waals surface area contributed by atoms with Gasteiger partial charge in [-0.1, -0.05) is 0 Å². The van der Waals surface area contributed by atoms with E-state index in [1.54, 1.807) is 6.20 Å². The van der Waals surface area contributed by atoms with Crippen molar-refractivity contribution in [3.05, 3.63) is 20.2 Å². The summed E-state index contributed by atoms with van der Waals surface area (Å²) >= 11 is 5.37. The second-order valence-electron chi connectivity index (χ2n) is 1.57. The van der Waals surface area contributed by atoms with E-state index >= 15 is 0 Å². The van der Waals surface area contributed by atoms with Gasteiger partial charge in [-0.2, -0.15) is 0 Å². The summed E-state index contributed by atoms with van der Waals surface area (Å²) in [5.74, 6) is 0. The Morgan fingerprint density at radius 2 is 2.33 bits per heavy atom. The average Bonchev–Trinajstić information content (AvgIpc) is 1.80. The highest BCUT2D eigenvalue weighted by atomic mass is 127. The highest BCUT2D eigenvalue weighted by Crippen LogP contribution is 2.09. The van der Waals surface area contributed by atoms with Crippen LogP contribution in [0, 0.1) is 10.5 Å². The Morgan fingerprint density at radius 3 is 2.78 bits per heavy atom. The Balaban J connectivity index is 3.17. The van der Waals surface area contributed by atoms with Crippen molar-refractivity contribution in [1.82, 2.24) is 9.97 Å². The van der Waals surface area contributed by atoms with Crippen molar-refractivity contribution in [3.63, 3.8) is 0 Å². The van der Waals surface area contributed by atoms with Gasteiger partial charge in [0.2, 0.25) is 0 Å². The van der Waals surface area contributed by atoms with E-state index in [9.17, 15) is 0 Å². The molecule has 0 atom stereocenters. The van der Waals surface area contributed by atoms with Crippen LogP contribution in [0.3, 0.4) is 0 Å². The summed E-state index contributed by atoms with van der Waals surface area (Å²) in [5.41, 5.74) is 1.01. The van der Waals surface area contributed by atoms with E-state index in [4.69, 9.17) is 0 Å². The molecule has 0 saturated heterocycles. The molecule has 0 aromatic carbocycles. The Hall–Kier alpha value is 0.290. The van der Waals surface area contributed by atoms with Crippen LogP contribution in [-0.2, 0) is 0 Å². The van der Waals surface area contributed by atoms with Crippen LogP contribution >= 0.6 is 38.5 Å². The molecule has 1 aromatic rings. The number of halogens is 2. The Labute approximate surface area is 75.4 Å². The van der Waals surface area contributed by atoms with E-state index in [1.165, 1.54) is 0 Å². The fraction of sp³-hybridized carbons (Fsp3) is 0.200. The van der Waals surface area contributed by atoms with Crippen molar-refractivity contribution < 1.29 is 0 Å². The molecule has 0 spiro atoms. The van der Waals surface area contributed by atoms with E-state index in [1.807, 2.05) is 6.92 Å². The third kappa shape index (κ3) is 1.86. The fourth-order valence-electron chi connectivity index (χ4n) is 0.424. The van der Waals surface area contributed by atoms with Crippen molar-refractivity contribution in [2.24, 2.45) is 0 Å². The molecule has 0 fully saturated rings. The van der Waals surface area contributed by atoms with E-state index in [0.29, 0.717) is 4.73 Å². The molecule has 1 aromatic heterocycles. The zero-order valence-corrected chi connectivity index (χ0v) is 8.47. The summed E-state index contributed by atoms with van der Waals surface area (Å²) in [5, 5.41) is 0. The summed E-state index contributed by atoms with van der Waals surface area (Å²) in [6, 6.07) is 0. The van der Waals surface area contributed by atoms with E-state index in [2.05, 4.69) is 48.5 Å². The monoisotopic (exact) mass is 298 g/mol. The first-order valence-electron chi connectivity index (χ1n) is 2.35. The zero-order valence-electron chi connectivity index (χ0n) is 4.73. The maximum atomic E-state index is 4.07. The van der Waals surface area contributed by atoms with Crippen molar-refractivity contribution >= 4 is 38.5 Å². The highest BCUT2D eigenvalue weighted by Gasteiger charge is 1.94. The maximum Gasteiger partial charge on any atom is 0.196 e. The smallest absolute Gasteiger partial charge is 0.196 e. The quantitative estimate of drug-likeness (QED) is 0.542. The summed E-state index contributed by atoms with van der Waals surface area (Å²) in [7, 11) is 0. The largest absolute Gasteiger partial charge is 0.230 e. The average molecular weight is 299 g/mol. The van der Waals surface area contributed by atoms with Gasteiger partial charge in [-0.3, -0.25) is 0 Å². The lowest BCUT2D eigenvalue weighted by Gasteiger charge is -1.93. The molecule has 48 valence electrons. The molecule has 9 heavy (non-hydrogen) atoms. The van der Waals surface area contributed by atoms with Crippen LogP contribution < -0.4 is 0 Å². The lowest BCUT2D eigenvalue weighted by molar-refractivity contribution is 1.04. The molecule has 0 amide bonds. The van der Waals surface area contributed by atoms with Crippen molar-refractivity contribution in [1.29, 1.82) is 0 Å². The number of rotatable bonds is 0. The van der Waals surface area contributed by atoms with Crippen LogP contribution in [0.5, 0.6) is 0 Å². The molecule has 0 unspecified atom stereocenters. The van der Waals surface area contributed by atoms with Gasteiger partial charge in [0.1, 0.15) is 0 Å². The minimum absolute atomic E-state index is 0.653. The molecule has 0 N–H and O–H groups in total. The summed E-state index contributed by atoms with van der Waals surface area (Å²) in [6.07, 6.45) is 1.78. The third-order valence-electron chi connectivity index (χ3n) is 0.890. The Kier molecular flexibility index (Phi) is 2.40. The van der Waals surface area contributed by atoms with Crippen LogP contribution in [0.4, 0.5) is 0 Å². The highest BCUT2D eigenvalue weighted by molar-refractivity contribution is 14.1. The van der Waals surface area contributed by atoms with E-state index in [0.717, 1.165) is 9.26 Å². The number of aromatic nitrogens is 2. The molecule has 0 saturated carbocycles. The lowest BCUT2D eigenvalue weighted by Crippen LogP contribution is -1.88. The second kappa shape index (κ2) is 2.92. The summed E-state index contributed by atoms with van der Waals surface area (Å²) in [6.45, 7) is 1.95. The maximum absolute atomic E-state index is 4.07. The molecule has 2 nitrogen and oxygen atoms in total. The van der Waals surface area contributed by atoms with Crippen LogP contribution in [-0.4, -0.2) is 9.97 Å². The first kappa shape index (κ1) is 7.40. The van der Waals surface area contributed by atoms with Gasteiger partial charge in [-0.15, -0.1) is 0 Å². The van der Waals surface area contributed by atoms with Gasteiger partial charge in [0.15, 0.2) is 4.73 Å². The standard InChI is InChI=1S/C5H4BrIN2/c1-3-4(7)2-8-5(6)9-3/h2H,1H3. The molecule has 1 heterocycles. The van der Waals surface area contributed by atoms with E-state index < -0.39 is 0 Å². The van der Waals surface area contributed by atoms with Crippen LogP contribution in [0.15, 0.2) is 10.9 Å². The topological polar surface area (TPSA) is 25.8 Å². The van der Waals surface area contributed by atoms with Crippen LogP contribution in [0.2, 0.25) is 0 Å². The molecule has 0 bridgehead atoms. The van der Waals surface area contributed by atoms with Gasteiger partial charge < -0.3 is 0 Å². The number of nitrogens with zero attached hydrogens (tertiary/aromatic N) is 2. The third-order valence-corrected chi connectivity index (χ3v) is 2.33. The second-order valence-corrected chi connectivity index (χ2v) is 3.44. The number of hydrogen-bond acceptors (Lipinski definition) is 2. The van der Waals surface area contributed by atoms with Crippen molar-refractivity contribution in [2.45, 2.75) is 6.92 Å². The van der Waals surface area contributed by atoms with E-state index in [-0.39, 0.29) is 0 Å². The minimum atomic E-state index is 0.653. The summed E-state index contributed by atoms with van der Waals surface area (Å²) in [4.78, 5) is 8.01. The van der Waals surface area contributed by atoms with Gasteiger partial charge in [0, 0.05) is 6.20 Å². The predicted molar refractivity (Wildman–Crippen MR) is 47.2 cm³/mol. The van der Waals surface area contributed by atoms with Crippen LogP contribution in [0.25, 0.3) is 0 Å². The Bertz CT molecular complexity index is 226. The molecule has 4 heteroatoms. The lowest BCUT2D eigenvalue weighted by atomic mass is 10.5. The first-order valence-corrected chi connectivity index (χ1v) is 4.22. The van der Waals surface area contributed by atoms with Gasteiger partial charge in [-0.05, 0) is 45.4 Å². The van der Waals surface area contributed by atoms with Gasteiger partial charge in [0.05, 0.1) is 9.26 Å². The Morgan fingerprint density at radius 1 is 1.67 bits per heavy atom. The molecule has 0 aliphatic rings. The van der Waals surface area contributed by atoms with Crippen LogP contribution in [0.1, 0.15) is 5.69 Å². The molecule has 1 rings (SSSR count). The fourth-order valence-corrected chi connectivity index (χ4v) is 1.05.